The Kier molecular flexibility index (Phi) is 3.14. The van der Waals surface area contributed by atoms with E-state index < -0.39 is 0 Å². The predicted octanol–water partition coefficient (Wildman–Crippen LogP) is 1.57. The first kappa shape index (κ1) is 8.59. The minimum absolute atomic E-state index is 0.304. The second kappa shape index (κ2) is 4.38. The molecule has 0 saturated heterocycles. The molecule has 0 atom stereocenters. The molecule has 0 spiro atoms. The number of allylic oxidation sites excluding steroid dienone is 3. The molecule has 0 unspecified atom stereocenters. The van der Waals surface area contributed by atoms with E-state index in [1.165, 1.54) is 10.8 Å². The molecule has 0 aliphatic rings. The molecule has 1 heterocycles. The van der Waals surface area contributed by atoms with Crippen LogP contribution >= 0.6 is 0 Å². The molecule has 3 heteroatoms. The van der Waals surface area contributed by atoms with Crippen LogP contribution in [-0.2, 0) is 6.54 Å². The van der Waals surface area contributed by atoms with Gasteiger partial charge >= 0.3 is 5.76 Å². The molecule has 12 heavy (non-hydrogen) atoms. The molecule has 0 N–H and O–H groups in total. The summed E-state index contributed by atoms with van der Waals surface area (Å²) < 4.78 is 6.11. The second-order valence-corrected chi connectivity index (χ2v) is 2.31. The number of aryl methyl sites for hydroxylation is 1. The fourth-order valence-corrected chi connectivity index (χ4v) is 0.863. The lowest BCUT2D eigenvalue weighted by Gasteiger charge is -1.93. The Morgan fingerprint density at radius 1 is 1.67 bits per heavy atom. The molecule has 1 rings (SSSR count). The zero-order chi connectivity index (χ0) is 8.81. The predicted molar refractivity (Wildman–Crippen MR) is 46.9 cm³/mol. The average molecular weight is 165 g/mol. The Bertz CT molecular complexity index is 319. The third-order valence-corrected chi connectivity index (χ3v) is 1.45. The molecule has 0 fully saturated rings. The summed E-state index contributed by atoms with van der Waals surface area (Å²) in [6, 6.07) is 0. The van der Waals surface area contributed by atoms with Crippen molar-refractivity contribution >= 4 is 0 Å². The Morgan fingerprint density at radius 2 is 2.50 bits per heavy atom. The van der Waals surface area contributed by atoms with Crippen molar-refractivity contribution in [3.05, 3.63) is 47.8 Å². The van der Waals surface area contributed by atoms with Crippen LogP contribution in [0.4, 0.5) is 0 Å². The van der Waals surface area contributed by atoms with Crippen LogP contribution in [0.3, 0.4) is 0 Å². The van der Waals surface area contributed by atoms with Crippen molar-refractivity contribution in [3.8, 4) is 0 Å². The van der Waals surface area contributed by atoms with Crippen LogP contribution in [0.1, 0.15) is 6.42 Å². The van der Waals surface area contributed by atoms with Crippen LogP contribution in [-0.4, -0.2) is 4.57 Å². The highest BCUT2D eigenvalue weighted by Crippen LogP contribution is 1.89. The lowest BCUT2D eigenvalue weighted by atomic mass is 10.3. The second-order valence-electron chi connectivity index (χ2n) is 2.31. The van der Waals surface area contributed by atoms with Crippen LogP contribution in [0.25, 0.3) is 0 Å². The zero-order valence-electron chi connectivity index (χ0n) is 6.77. The highest BCUT2D eigenvalue weighted by atomic mass is 16.4. The summed E-state index contributed by atoms with van der Waals surface area (Å²) >= 11 is 0. The number of rotatable bonds is 4. The molecule has 0 aliphatic heterocycles. The van der Waals surface area contributed by atoms with Crippen molar-refractivity contribution in [2.75, 3.05) is 0 Å². The fraction of sp³-hybridized carbons (Fsp3) is 0.222. The van der Waals surface area contributed by atoms with Crippen LogP contribution in [0.15, 0.2) is 46.5 Å². The van der Waals surface area contributed by atoms with E-state index in [1.54, 1.807) is 12.3 Å². The summed E-state index contributed by atoms with van der Waals surface area (Å²) in [5.74, 6) is -0.304. The van der Waals surface area contributed by atoms with Gasteiger partial charge in [-0.25, -0.2) is 4.79 Å². The molecule has 0 aromatic carbocycles. The van der Waals surface area contributed by atoms with E-state index in [0.717, 1.165) is 6.42 Å². The lowest BCUT2D eigenvalue weighted by Crippen LogP contribution is -2.12. The van der Waals surface area contributed by atoms with Crippen molar-refractivity contribution in [1.29, 1.82) is 0 Å². The molecule has 64 valence electrons. The molecule has 3 nitrogen and oxygen atoms in total. The number of hydrogen-bond donors (Lipinski definition) is 0. The number of hydrogen-bond acceptors (Lipinski definition) is 2. The smallest absolute Gasteiger partial charge is 0.416 e. The quantitative estimate of drug-likeness (QED) is 0.635. The molecule has 0 amide bonds. The van der Waals surface area contributed by atoms with Crippen molar-refractivity contribution in [2.45, 2.75) is 13.0 Å². The van der Waals surface area contributed by atoms with E-state index in [2.05, 4.69) is 11.0 Å². The van der Waals surface area contributed by atoms with E-state index in [9.17, 15) is 4.79 Å². The maximum absolute atomic E-state index is 10.8. The van der Waals surface area contributed by atoms with Crippen LogP contribution in [0, 0.1) is 0 Å². The molecule has 0 bridgehead atoms. The highest BCUT2D eigenvalue weighted by Gasteiger charge is 1.93. The summed E-state index contributed by atoms with van der Waals surface area (Å²) in [6.07, 6.45) is 9.34. The fourth-order valence-electron chi connectivity index (χ4n) is 0.863. The standard InChI is InChI=1S/C9H11NO2/c1-2-3-4-5-6-10-7-8-12-9(10)11/h2-4,7-8H,1,5-6H2/b4-3+. The zero-order valence-corrected chi connectivity index (χ0v) is 6.77. The molecule has 0 radical (unpaired) electrons. The maximum Gasteiger partial charge on any atom is 0.418 e. The van der Waals surface area contributed by atoms with E-state index in [1.807, 2.05) is 12.2 Å². The summed E-state index contributed by atoms with van der Waals surface area (Å²) in [6.45, 7) is 4.19. The van der Waals surface area contributed by atoms with Gasteiger partial charge in [-0.3, -0.25) is 4.57 Å². The molecular weight excluding hydrogens is 154 g/mol. The van der Waals surface area contributed by atoms with Crippen LogP contribution in [0.2, 0.25) is 0 Å². The van der Waals surface area contributed by atoms with E-state index in [4.69, 9.17) is 0 Å². The van der Waals surface area contributed by atoms with Gasteiger partial charge in [0.05, 0.1) is 0 Å². The molecule has 1 aromatic rings. The van der Waals surface area contributed by atoms with Gasteiger partial charge in [-0.05, 0) is 6.42 Å². The van der Waals surface area contributed by atoms with Crippen molar-refractivity contribution in [2.24, 2.45) is 0 Å². The third kappa shape index (κ3) is 2.27. The van der Waals surface area contributed by atoms with Gasteiger partial charge in [-0.15, -0.1) is 0 Å². The third-order valence-electron chi connectivity index (χ3n) is 1.45. The first-order valence-electron chi connectivity index (χ1n) is 3.76. The van der Waals surface area contributed by atoms with Gasteiger partial charge in [0, 0.05) is 12.7 Å². The largest absolute Gasteiger partial charge is 0.418 e. The minimum atomic E-state index is -0.304. The first-order valence-corrected chi connectivity index (χ1v) is 3.76. The normalized spacial score (nSPS) is 10.7. The van der Waals surface area contributed by atoms with E-state index in [0.29, 0.717) is 6.54 Å². The van der Waals surface area contributed by atoms with Gasteiger partial charge in [0.2, 0.25) is 0 Å². The maximum atomic E-state index is 10.8. The number of nitrogens with zero attached hydrogens (tertiary/aromatic N) is 1. The SMILES string of the molecule is C=C/C=C/CCn1ccoc1=O. The molecule has 1 aromatic heterocycles. The van der Waals surface area contributed by atoms with Gasteiger partial charge in [0.15, 0.2) is 0 Å². The van der Waals surface area contributed by atoms with Gasteiger partial charge in [-0.1, -0.05) is 24.8 Å². The van der Waals surface area contributed by atoms with Crippen molar-refractivity contribution < 1.29 is 4.42 Å². The summed E-state index contributed by atoms with van der Waals surface area (Å²) in [5, 5.41) is 0. The summed E-state index contributed by atoms with van der Waals surface area (Å²) in [4.78, 5) is 10.8. The van der Waals surface area contributed by atoms with Gasteiger partial charge < -0.3 is 4.42 Å². The Morgan fingerprint density at radius 3 is 3.08 bits per heavy atom. The Balaban J connectivity index is 2.43. The van der Waals surface area contributed by atoms with E-state index in [-0.39, 0.29) is 5.76 Å². The molecule has 0 saturated carbocycles. The van der Waals surface area contributed by atoms with Crippen LogP contribution in [0.5, 0.6) is 0 Å². The van der Waals surface area contributed by atoms with Gasteiger partial charge in [0.25, 0.3) is 0 Å². The first-order chi connectivity index (χ1) is 5.84. The van der Waals surface area contributed by atoms with Crippen molar-refractivity contribution in [3.63, 3.8) is 0 Å². The highest BCUT2D eigenvalue weighted by molar-refractivity contribution is 4.96. The summed E-state index contributed by atoms with van der Waals surface area (Å²) in [5.41, 5.74) is 0. The van der Waals surface area contributed by atoms with Gasteiger partial charge in [-0.2, -0.15) is 0 Å². The van der Waals surface area contributed by atoms with Crippen molar-refractivity contribution in [1.82, 2.24) is 4.57 Å². The summed E-state index contributed by atoms with van der Waals surface area (Å²) in [7, 11) is 0. The van der Waals surface area contributed by atoms with E-state index >= 15 is 0 Å². The molecular formula is C9H11NO2. The molecule has 0 aliphatic carbocycles. The number of aromatic nitrogens is 1. The monoisotopic (exact) mass is 165 g/mol. The Hall–Kier alpha value is -1.51. The Labute approximate surface area is 70.6 Å². The minimum Gasteiger partial charge on any atom is -0.416 e. The van der Waals surface area contributed by atoms with Gasteiger partial charge in [0.1, 0.15) is 6.26 Å². The number of oxazole rings is 1. The van der Waals surface area contributed by atoms with Crippen LogP contribution < -0.4 is 5.76 Å². The average Bonchev–Trinajstić information content (AvgIpc) is 2.46. The topological polar surface area (TPSA) is 35.1 Å². The lowest BCUT2D eigenvalue weighted by molar-refractivity contribution is 0.479.